The van der Waals surface area contributed by atoms with Gasteiger partial charge in [-0.3, -0.25) is 19.4 Å². The Bertz CT molecular complexity index is 1700. The largest absolute Gasteiger partial charge is 0.370 e. The lowest BCUT2D eigenvalue weighted by Crippen LogP contribution is -2.53. The van der Waals surface area contributed by atoms with Crippen molar-refractivity contribution in [2.45, 2.75) is 64.7 Å². The number of hydrogen-bond acceptors (Lipinski definition) is 5. The van der Waals surface area contributed by atoms with E-state index in [-0.39, 0.29) is 30.5 Å². The first kappa shape index (κ1) is 35.6. The van der Waals surface area contributed by atoms with E-state index in [0.717, 1.165) is 40.6 Å². The normalized spacial score (nSPS) is 12.2. The molecule has 0 saturated heterocycles. The number of nitrogens with two attached hydrogens (primary N) is 2. The maximum atomic E-state index is 13.8. The minimum Gasteiger partial charge on any atom is -0.370 e. The summed E-state index contributed by atoms with van der Waals surface area (Å²) in [5.74, 6) is -1.59. The van der Waals surface area contributed by atoms with Crippen LogP contribution in [0.4, 0.5) is 10.1 Å². The SMILES string of the molecule is CCCNCc1cn(Cc2ccc(F)cc2)c2ccc(NC(=O)C(Cc3ccccc3)NC(=O)C(CCCN=C(N)N)NC(C)=O)cc12. The van der Waals surface area contributed by atoms with Crippen molar-refractivity contribution in [3.05, 3.63) is 102 Å². The van der Waals surface area contributed by atoms with Crippen LogP contribution in [0.2, 0.25) is 0 Å². The van der Waals surface area contributed by atoms with Crippen LogP contribution >= 0.6 is 0 Å². The van der Waals surface area contributed by atoms with Gasteiger partial charge in [0.05, 0.1) is 0 Å². The summed E-state index contributed by atoms with van der Waals surface area (Å²) < 4.78 is 15.6. The second kappa shape index (κ2) is 17.6. The number of amides is 3. The molecule has 0 aliphatic carbocycles. The van der Waals surface area contributed by atoms with Gasteiger partial charge >= 0.3 is 0 Å². The predicted molar refractivity (Wildman–Crippen MR) is 188 cm³/mol. The number of nitrogens with zero attached hydrogens (tertiary/aromatic N) is 2. The quantitative estimate of drug-likeness (QED) is 0.0577. The molecule has 48 heavy (non-hydrogen) atoms. The van der Waals surface area contributed by atoms with Gasteiger partial charge in [0.25, 0.3) is 0 Å². The highest BCUT2D eigenvalue weighted by molar-refractivity contribution is 6.00. The van der Waals surface area contributed by atoms with Gasteiger partial charge in [0.15, 0.2) is 5.96 Å². The summed E-state index contributed by atoms with van der Waals surface area (Å²) in [6.45, 7) is 5.79. The van der Waals surface area contributed by atoms with Gasteiger partial charge in [0.1, 0.15) is 17.9 Å². The van der Waals surface area contributed by atoms with E-state index in [1.807, 2.05) is 48.5 Å². The average molecular weight is 657 g/mol. The van der Waals surface area contributed by atoms with Gasteiger partial charge in [-0.1, -0.05) is 49.4 Å². The molecular formula is C36H45FN8O3. The fourth-order valence-corrected chi connectivity index (χ4v) is 5.49. The molecule has 1 heterocycles. The number of anilines is 1. The predicted octanol–water partition coefficient (Wildman–Crippen LogP) is 3.55. The molecule has 0 spiro atoms. The van der Waals surface area contributed by atoms with Crippen LogP contribution < -0.4 is 32.7 Å². The Balaban J connectivity index is 1.57. The molecule has 11 nitrogen and oxygen atoms in total. The Hall–Kier alpha value is -5.23. The molecule has 4 rings (SSSR count). The number of carbonyl (C=O) groups excluding carboxylic acids is 3. The van der Waals surface area contributed by atoms with Crippen molar-refractivity contribution in [3.63, 3.8) is 0 Å². The Kier molecular flexibility index (Phi) is 13.1. The molecule has 4 aromatic rings. The number of carbonyl (C=O) groups is 3. The highest BCUT2D eigenvalue weighted by atomic mass is 19.1. The van der Waals surface area contributed by atoms with Crippen molar-refractivity contribution in [1.29, 1.82) is 0 Å². The topological polar surface area (TPSA) is 169 Å². The lowest BCUT2D eigenvalue weighted by molar-refractivity contribution is -0.130. The third-order valence-electron chi connectivity index (χ3n) is 7.79. The molecule has 0 aliphatic heterocycles. The monoisotopic (exact) mass is 656 g/mol. The molecule has 12 heteroatoms. The van der Waals surface area contributed by atoms with Crippen LogP contribution in [-0.2, 0) is 33.9 Å². The van der Waals surface area contributed by atoms with Crippen molar-refractivity contribution in [2.24, 2.45) is 16.5 Å². The smallest absolute Gasteiger partial charge is 0.247 e. The van der Waals surface area contributed by atoms with E-state index in [1.165, 1.54) is 19.1 Å². The number of rotatable bonds is 17. The Labute approximate surface area is 280 Å². The standard InChI is InChI=1S/C36H45FN8O3/c1-3-17-40-21-27-23-45(22-26-11-13-28(37)14-12-26)33-16-15-29(20-30(27)33)43-35(48)32(19-25-8-5-4-6-9-25)44-34(47)31(42-24(2)46)10-7-18-41-36(38)39/h4-6,8-9,11-16,20,23,31-32,40H,3,7,10,17-19,21-22H2,1-2H3,(H,42,46)(H,43,48)(H,44,47)(H4,38,39,41). The summed E-state index contributed by atoms with van der Waals surface area (Å²) in [5.41, 5.74) is 15.2. The van der Waals surface area contributed by atoms with Crippen molar-refractivity contribution in [3.8, 4) is 0 Å². The zero-order chi connectivity index (χ0) is 34.5. The first-order chi connectivity index (χ1) is 23.1. The molecule has 0 saturated carbocycles. The molecule has 1 aromatic heterocycles. The summed E-state index contributed by atoms with van der Waals surface area (Å²) in [6.07, 6.45) is 4.03. The average Bonchev–Trinajstić information content (AvgIpc) is 3.39. The van der Waals surface area contributed by atoms with E-state index >= 15 is 0 Å². The number of guanidine groups is 1. The third-order valence-corrected chi connectivity index (χ3v) is 7.79. The minimum atomic E-state index is -0.932. The summed E-state index contributed by atoms with van der Waals surface area (Å²) >= 11 is 0. The molecule has 2 atom stereocenters. The van der Waals surface area contributed by atoms with Crippen LogP contribution in [-0.4, -0.2) is 53.4 Å². The maximum Gasteiger partial charge on any atom is 0.247 e. The van der Waals surface area contributed by atoms with E-state index in [0.29, 0.717) is 31.7 Å². The van der Waals surface area contributed by atoms with E-state index in [2.05, 4.69) is 43.9 Å². The third kappa shape index (κ3) is 10.7. The van der Waals surface area contributed by atoms with Crippen LogP contribution in [0, 0.1) is 5.82 Å². The Morgan fingerprint density at radius 3 is 2.35 bits per heavy atom. The molecule has 0 fully saturated rings. The van der Waals surface area contributed by atoms with Gasteiger partial charge in [-0.2, -0.15) is 0 Å². The van der Waals surface area contributed by atoms with E-state index < -0.39 is 23.9 Å². The second-order valence-corrected chi connectivity index (χ2v) is 11.8. The van der Waals surface area contributed by atoms with Crippen molar-refractivity contribution in [1.82, 2.24) is 20.5 Å². The van der Waals surface area contributed by atoms with E-state index in [4.69, 9.17) is 11.5 Å². The number of fused-ring (bicyclic) bond motifs is 1. The minimum absolute atomic E-state index is 0.0536. The van der Waals surface area contributed by atoms with Crippen molar-refractivity contribution < 1.29 is 18.8 Å². The van der Waals surface area contributed by atoms with E-state index in [1.54, 1.807) is 12.1 Å². The lowest BCUT2D eigenvalue weighted by Gasteiger charge is -2.23. The van der Waals surface area contributed by atoms with Gasteiger partial charge in [0.2, 0.25) is 17.7 Å². The lowest BCUT2D eigenvalue weighted by atomic mass is 10.0. The molecule has 0 aliphatic rings. The molecular weight excluding hydrogens is 611 g/mol. The molecule has 254 valence electrons. The first-order valence-electron chi connectivity index (χ1n) is 16.2. The number of nitrogens with one attached hydrogen (secondary N) is 4. The highest BCUT2D eigenvalue weighted by Crippen LogP contribution is 2.26. The van der Waals surface area contributed by atoms with Crippen LogP contribution in [0.25, 0.3) is 10.9 Å². The highest BCUT2D eigenvalue weighted by Gasteiger charge is 2.27. The zero-order valence-electron chi connectivity index (χ0n) is 27.5. The summed E-state index contributed by atoms with van der Waals surface area (Å²) in [6, 6.07) is 19.7. The number of aromatic nitrogens is 1. The second-order valence-electron chi connectivity index (χ2n) is 11.8. The fourth-order valence-electron chi connectivity index (χ4n) is 5.49. The van der Waals surface area contributed by atoms with Gasteiger partial charge in [-0.15, -0.1) is 0 Å². The van der Waals surface area contributed by atoms with Crippen LogP contribution in [0.3, 0.4) is 0 Å². The number of hydrogen-bond donors (Lipinski definition) is 6. The number of benzene rings is 3. The Morgan fingerprint density at radius 2 is 1.67 bits per heavy atom. The van der Waals surface area contributed by atoms with Gasteiger partial charge in [-0.05, 0) is 72.8 Å². The van der Waals surface area contributed by atoms with Crippen LogP contribution in [0.1, 0.15) is 49.8 Å². The maximum absolute atomic E-state index is 13.8. The molecule has 0 bridgehead atoms. The van der Waals surface area contributed by atoms with Crippen molar-refractivity contribution in [2.75, 3.05) is 18.4 Å². The van der Waals surface area contributed by atoms with Crippen LogP contribution in [0.5, 0.6) is 0 Å². The van der Waals surface area contributed by atoms with Gasteiger partial charge in [-0.25, -0.2) is 4.39 Å². The molecule has 3 amide bonds. The fraction of sp³-hybridized carbons (Fsp3) is 0.333. The van der Waals surface area contributed by atoms with Crippen molar-refractivity contribution >= 4 is 40.3 Å². The summed E-state index contributed by atoms with van der Waals surface area (Å²) in [4.78, 5) is 43.2. The van der Waals surface area contributed by atoms with Gasteiger partial charge < -0.3 is 37.3 Å². The first-order valence-corrected chi connectivity index (χ1v) is 16.2. The molecule has 2 unspecified atom stereocenters. The molecule has 3 aromatic carbocycles. The van der Waals surface area contributed by atoms with Crippen LogP contribution in [0.15, 0.2) is 84.0 Å². The number of halogens is 1. The Morgan fingerprint density at radius 1 is 0.917 bits per heavy atom. The molecule has 0 radical (unpaired) electrons. The van der Waals surface area contributed by atoms with Gasteiger partial charge in [0, 0.05) is 55.8 Å². The summed E-state index contributed by atoms with van der Waals surface area (Å²) in [5, 5.41) is 13.0. The van der Waals surface area contributed by atoms with E-state index in [9.17, 15) is 18.8 Å². The molecule has 8 N–H and O–H groups in total. The number of aliphatic imine (C=N–C) groups is 1. The zero-order valence-corrected chi connectivity index (χ0v) is 27.5. The summed E-state index contributed by atoms with van der Waals surface area (Å²) in [7, 11) is 0.